The Morgan fingerprint density at radius 3 is 2.63 bits per heavy atom. The van der Waals surface area contributed by atoms with E-state index >= 15 is 0 Å². The van der Waals surface area contributed by atoms with Crippen molar-refractivity contribution in [1.82, 2.24) is 9.71 Å². The number of pyridine rings is 1. The highest BCUT2D eigenvalue weighted by Gasteiger charge is 2.13. The number of aliphatic hydroxyl groups excluding tert-OH is 1. The Balaban J connectivity index is 1.84. The van der Waals surface area contributed by atoms with Crippen molar-refractivity contribution in [2.45, 2.75) is 17.9 Å². The summed E-state index contributed by atoms with van der Waals surface area (Å²) in [5, 5.41) is 13.3. The van der Waals surface area contributed by atoms with E-state index in [2.05, 4.69) is 15.0 Å². The molecule has 2 aromatic carbocycles. The topological polar surface area (TPSA) is 107 Å². The molecule has 0 bridgehead atoms. The number of anilines is 2. The Morgan fingerprint density at radius 2 is 1.96 bits per heavy atom. The fourth-order valence-corrected chi connectivity index (χ4v) is 3.93. The third kappa shape index (κ3) is 4.36. The van der Waals surface area contributed by atoms with Crippen molar-refractivity contribution in [1.29, 1.82) is 4.78 Å². The maximum atomic E-state index is 12.5. The molecular weight excluding hydrogens is 364 g/mol. The van der Waals surface area contributed by atoms with Gasteiger partial charge in [0, 0.05) is 35.1 Å². The molecule has 3 aromatic rings. The first-order valence-corrected chi connectivity index (χ1v) is 9.95. The molecule has 0 fully saturated rings. The highest BCUT2D eigenvalue weighted by atomic mass is 32.2. The van der Waals surface area contributed by atoms with Gasteiger partial charge in [-0.2, -0.15) is 0 Å². The number of ether oxygens (including phenoxy) is 1. The zero-order valence-corrected chi connectivity index (χ0v) is 15.9. The van der Waals surface area contributed by atoms with Gasteiger partial charge >= 0.3 is 0 Å². The van der Waals surface area contributed by atoms with Crippen LogP contribution < -0.4 is 14.8 Å². The van der Waals surface area contributed by atoms with E-state index in [4.69, 9.17) is 14.6 Å². The zero-order valence-electron chi connectivity index (χ0n) is 15.1. The molecular formula is C19H22N4O3S. The molecule has 8 heteroatoms. The molecule has 0 unspecified atom stereocenters. The number of rotatable bonds is 7. The van der Waals surface area contributed by atoms with Gasteiger partial charge in [-0.05, 0) is 49.4 Å². The monoisotopic (exact) mass is 386 g/mol. The molecule has 7 nitrogen and oxygen atoms in total. The van der Waals surface area contributed by atoms with Crippen LogP contribution in [0.25, 0.3) is 10.9 Å². The number of benzene rings is 2. The maximum Gasteiger partial charge on any atom is 0.134 e. The molecule has 3 rings (SSSR count). The van der Waals surface area contributed by atoms with Crippen LogP contribution in [0.1, 0.15) is 6.92 Å². The Morgan fingerprint density at radius 1 is 1.22 bits per heavy atom. The second-order valence-electron chi connectivity index (χ2n) is 6.15. The van der Waals surface area contributed by atoms with Crippen LogP contribution in [-0.2, 0) is 9.92 Å². The van der Waals surface area contributed by atoms with Crippen molar-refractivity contribution in [3.05, 3.63) is 54.7 Å². The molecule has 142 valence electrons. The van der Waals surface area contributed by atoms with E-state index in [0.29, 0.717) is 4.90 Å². The summed E-state index contributed by atoms with van der Waals surface area (Å²) in [6.07, 6.45) is 1.72. The van der Waals surface area contributed by atoms with E-state index in [-0.39, 0.29) is 6.61 Å². The summed E-state index contributed by atoms with van der Waals surface area (Å²) < 4.78 is 28.3. The Hall–Kier alpha value is -2.68. The van der Waals surface area contributed by atoms with Crippen molar-refractivity contribution in [3.8, 4) is 5.75 Å². The van der Waals surface area contributed by atoms with Gasteiger partial charge < -0.3 is 15.2 Å². The van der Waals surface area contributed by atoms with Crippen LogP contribution in [0.4, 0.5) is 11.4 Å². The van der Waals surface area contributed by atoms with Crippen LogP contribution >= 0.6 is 0 Å². The summed E-state index contributed by atoms with van der Waals surface area (Å²) >= 11 is 0. The van der Waals surface area contributed by atoms with E-state index in [9.17, 15) is 4.21 Å². The lowest BCUT2D eigenvalue weighted by Gasteiger charge is -2.15. The molecule has 4 N–H and O–H groups in total. The minimum absolute atomic E-state index is 0.185. The summed E-state index contributed by atoms with van der Waals surface area (Å²) in [4.78, 5) is 4.72. The number of hydrogen-bond acceptors (Lipinski definition) is 6. The normalized spacial score (nSPS) is 14.5. The lowest BCUT2D eigenvalue weighted by Crippen LogP contribution is -2.34. The Bertz CT molecular complexity index is 1040. The highest BCUT2D eigenvalue weighted by molar-refractivity contribution is 7.90. The fraction of sp³-hybridized carbons (Fsp3) is 0.211. The number of aromatic nitrogens is 1. The number of nitrogens with one attached hydrogen (secondary N) is 3. The molecule has 0 spiro atoms. The van der Waals surface area contributed by atoms with Crippen LogP contribution in [-0.4, -0.2) is 34.1 Å². The standard InChI is InChI=1S/C19H22N4O3S/c1-13(12-24)23-27(20,25)16-6-3-14(4-7-16)22-18-9-10-21-19-11-15(26-2)5-8-17(18)19/h3-11,13,24H,12H2,1-2H3,(H,21,22)(H2,20,23,25)/t13-,27+/m0/s1. The smallest absolute Gasteiger partial charge is 0.134 e. The first-order chi connectivity index (χ1) is 12.9. The van der Waals surface area contributed by atoms with Gasteiger partial charge in [0.05, 0.1) is 24.1 Å². The molecule has 0 radical (unpaired) electrons. The van der Waals surface area contributed by atoms with Gasteiger partial charge in [0.25, 0.3) is 0 Å². The van der Waals surface area contributed by atoms with Crippen molar-refractivity contribution in [2.24, 2.45) is 0 Å². The molecule has 0 saturated carbocycles. The van der Waals surface area contributed by atoms with Gasteiger partial charge in [0.2, 0.25) is 0 Å². The van der Waals surface area contributed by atoms with Crippen molar-refractivity contribution in [3.63, 3.8) is 0 Å². The SMILES string of the molecule is COc1ccc2c(Nc3ccc([S@](=N)(=O)N[C@@H](C)CO)cc3)ccnc2c1. The molecule has 0 aliphatic heterocycles. The van der Waals surface area contributed by atoms with E-state index < -0.39 is 16.0 Å². The summed E-state index contributed by atoms with van der Waals surface area (Å²) in [5.41, 5.74) is 2.49. The summed E-state index contributed by atoms with van der Waals surface area (Å²) in [6, 6.07) is 14.0. The largest absolute Gasteiger partial charge is 0.497 e. The third-order valence-electron chi connectivity index (χ3n) is 4.06. The summed E-state index contributed by atoms with van der Waals surface area (Å²) in [7, 11) is -1.55. The van der Waals surface area contributed by atoms with E-state index in [1.165, 1.54) is 0 Å². The van der Waals surface area contributed by atoms with E-state index in [1.807, 2.05) is 24.3 Å². The second-order valence-corrected chi connectivity index (χ2v) is 7.97. The quantitative estimate of drug-likeness (QED) is 0.498. The zero-order chi connectivity index (χ0) is 19.4. The highest BCUT2D eigenvalue weighted by Crippen LogP contribution is 2.28. The number of methoxy groups -OCH3 is 1. The molecule has 27 heavy (non-hydrogen) atoms. The third-order valence-corrected chi connectivity index (χ3v) is 5.73. The fourth-order valence-electron chi connectivity index (χ4n) is 2.64. The van der Waals surface area contributed by atoms with Gasteiger partial charge in [-0.15, -0.1) is 0 Å². The Labute approximate surface area is 158 Å². The first-order valence-electron chi connectivity index (χ1n) is 8.40. The van der Waals surface area contributed by atoms with Crippen molar-refractivity contribution in [2.75, 3.05) is 19.0 Å². The lowest BCUT2D eigenvalue weighted by molar-refractivity contribution is 0.266. The van der Waals surface area contributed by atoms with Crippen molar-refractivity contribution < 1.29 is 14.1 Å². The van der Waals surface area contributed by atoms with E-state index in [1.54, 1.807) is 44.5 Å². The minimum atomic E-state index is -3.17. The van der Waals surface area contributed by atoms with Crippen molar-refractivity contribution >= 4 is 32.2 Å². The van der Waals surface area contributed by atoms with Crippen LogP contribution in [0.3, 0.4) is 0 Å². The van der Waals surface area contributed by atoms with Crippen LogP contribution in [0.5, 0.6) is 5.75 Å². The molecule has 0 saturated heterocycles. The molecule has 0 amide bonds. The molecule has 0 aliphatic rings. The molecule has 1 aromatic heterocycles. The average molecular weight is 386 g/mol. The second kappa shape index (κ2) is 7.91. The number of hydrogen-bond donors (Lipinski definition) is 4. The van der Waals surface area contributed by atoms with Crippen LogP contribution in [0.2, 0.25) is 0 Å². The molecule has 0 aliphatic carbocycles. The average Bonchev–Trinajstić information content (AvgIpc) is 2.67. The first kappa shape index (κ1) is 19.1. The van der Waals surface area contributed by atoms with Crippen LogP contribution in [0, 0.1) is 4.78 Å². The predicted molar refractivity (Wildman–Crippen MR) is 107 cm³/mol. The summed E-state index contributed by atoms with van der Waals surface area (Å²) in [5.74, 6) is 0.742. The van der Waals surface area contributed by atoms with Gasteiger partial charge in [0.1, 0.15) is 15.7 Å². The number of aliphatic hydroxyl groups is 1. The number of fused-ring (bicyclic) bond motifs is 1. The summed E-state index contributed by atoms with van der Waals surface area (Å²) in [6.45, 7) is 1.49. The number of nitrogens with zero attached hydrogens (tertiary/aromatic N) is 1. The maximum absolute atomic E-state index is 12.5. The minimum Gasteiger partial charge on any atom is -0.497 e. The predicted octanol–water partition coefficient (Wildman–Crippen LogP) is 3.28. The molecule has 2 atom stereocenters. The van der Waals surface area contributed by atoms with Gasteiger partial charge in [0.15, 0.2) is 0 Å². The molecule has 1 heterocycles. The van der Waals surface area contributed by atoms with Crippen LogP contribution in [0.15, 0.2) is 59.6 Å². The van der Waals surface area contributed by atoms with E-state index in [0.717, 1.165) is 28.0 Å². The van der Waals surface area contributed by atoms with Gasteiger partial charge in [-0.25, -0.2) is 13.7 Å². The lowest BCUT2D eigenvalue weighted by atomic mass is 10.1. The van der Waals surface area contributed by atoms with Gasteiger partial charge in [-0.1, -0.05) is 0 Å². The Kier molecular flexibility index (Phi) is 5.59. The van der Waals surface area contributed by atoms with Gasteiger partial charge in [-0.3, -0.25) is 4.98 Å².